The molecule has 1 fully saturated rings. The number of halogens is 3. The number of carbonyl (C=O) groups excluding carboxylic acids is 2. The second-order valence-corrected chi connectivity index (χ2v) is 14.1. The molecule has 1 saturated heterocycles. The van der Waals surface area contributed by atoms with Crippen LogP contribution in [0.3, 0.4) is 0 Å². The van der Waals surface area contributed by atoms with Gasteiger partial charge in [0, 0.05) is 25.4 Å². The first-order chi connectivity index (χ1) is 23.7. The van der Waals surface area contributed by atoms with Crippen molar-refractivity contribution in [3.05, 3.63) is 46.6 Å². The van der Waals surface area contributed by atoms with Gasteiger partial charge in [-0.25, -0.2) is 9.59 Å². The quantitative estimate of drug-likeness (QED) is 0.123. The first kappa shape index (κ1) is 39.0. The minimum atomic E-state index is -4.41. The number of carbonyl (C=O) groups is 2. The number of nitrogens with zero attached hydrogens (tertiary/aromatic N) is 3. The van der Waals surface area contributed by atoms with Crippen molar-refractivity contribution < 1.29 is 41.7 Å². The van der Waals surface area contributed by atoms with E-state index in [1.807, 2.05) is 6.07 Å². The average Bonchev–Trinajstić information content (AvgIpc) is 3.65. The molecule has 2 aromatic heterocycles. The number of ether oxygens (including phenoxy) is 4. The maximum atomic E-state index is 13.7. The van der Waals surface area contributed by atoms with Crippen LogP contribution in [-0.2, 0) is 31.9 Å². The van der Waals surface area contributed by atoms with Gasteiger partial charge in [0.25, 0.3) is 0 Å². The van der Waals surface area contributed by atoms with Crippen molar-refractivity contribution >= 4 is 39.2 Å². The molecule has 1 aliphatic rings. The van der Waals surface area contributed by atoms with Gasteiger partial charge in [-0.2, -0.15) is 18.3 Å². The summed E-state index contributed by atoms with van der Waals surface area (Å²) in [5, 5.41) is 10.8. The monoisotopic (exact) mass is 721 g/mol. The van der Waals surface area contributed by atoms with Crippen molar-refractivity contribution in [3.63, 3.8) is 0 Å². The molecule has 3 aromatic rings. The summed E-state index contributed by atoms with van der Waals surface area (Å²) in [5.41, 5.74) is 0.623. The highest BCUT2D eigenvalue weighted by molar-refractivity contribution is 7.20. The van der Waals surface area contributed by atoms with Gasteiger partial charge in [-0.3, -0.25) is 4.68 Å². The molecule has 0 radical (unpaired) electrons. The molecule has 1 aliphatic heterocycles. The molecule has 50 heavy (non-hydrogen) atoms. The number of hydrogen-bond donors (Lipinski definition) is 2. The SMILES string of the molecule is COC(=O)c1cnn(CCOCCOCCC2CN(C)CCC2Nc2cccc3c(CC(F)(F)F)c(C#CCNC(=O)OC(C)(C)C)sc23)c1. The number of hydrogen-bond acceptors (Lipinski definition) is 10. The Labute approximate surface area is 294 Å². The Balaban J connectivity index is 1.34. The first-order valence-corrected chi connectivity index (χ1v) is 17.3. The molecule has 2 atom stereocenters. The number of thiophene rings is 1. The van der Waals surface area contributed by atoms with E-state index in [-0.39, 0.29) is 24.1 Å². The van der Waals surface area contributed by atoms with Gasteiger partial charge in [0.1, 0.15) is 5.60 Å². The molecule has 0 bridgehead atoms. The van der Waals surface area contributed by atoms with E-state index < -0.39 is 30.3 Å². The van der Waals surface area contributed by atoms with Crippen LogP contribution in [0.4, 0.5) is 23.7 Å². The van der Waals surface area contributed by atoms with Crippen LogP contribution >= 0.6 is 11.3 Å². The Morgan fingerprint density at radius 3 is 2.60 bits per heavy atom. The Morgan fingerprint density at radius 1 is 1.12 bits per heavy atom. The van der Waals surface area contributed by atoms with Gasteiger partial charge in [-0.1, -0.05) is 24.0 Å². The molecule has 4 rings (SSSR count). The zero-order chi connectivity index (χ0) is 36.3. The number of alkyl carbamates (subject to hydrolysis) is 1. The van der Waals surface area contributed by atoms with Crippen LogP contribution in [0.15, 0.2) is 30.6 Å². The molecule has 0 aliphatic carbocycles. The maximum absolute atomic E-state index is 13.7. The van der Waals surface area contributed by atoms with E-state index >= 15 is 0 Å². The number of piperidine rings is 1. The average molecular weight is 722 g/mol. The molecule has 1 amide bonds. The van der Waals surface area contributed by atoms with Crippen molar-refractivity contribution in [2.45, 2.75) is 64.4 Å². The lowest BCUT2D eigenvalue weighted by atomic mass is 9.89. The molecule has 11 nitrogen and oxygen atoms in total. The predicted octanol–water partition coefficient (Wildman–Crippen LogP) is 5.72. The molecule has 2 N–H and O–H groups in total. The summed E-state index contributed by atoms with van der Waals surface area (Å²) in [6, 6.07) is 5.48. The molecular weight excluding hydrogens is 675 g/mol. The Morgan fingerprint density at radius 2 is 1.88 bits per heavy atom. The van der Waals surface area contributed by atoms with Gasteiger partial charge in [0.05, 0.1) is 73.5 Å². The summed E-state index contributed by atoms with van der Waals surface area (Å²) in [7, 11) is 3.40. The van der Waals surface area contributed by atoms with E-state index in [9.17, 15) is 22.8 Å². The predicted molar refractivity (Wildman–Crippen MR) is 186 cm³/mol. The number of fused-ring (bicyclic) bond motifs is 1. The summed E-state index contributed by atoms with van der Waals surface area (Å²) in [6.45, 7) is 9.20. The van der Waals surface area contributed by atoms with Gasteiger partial charge in [0.2, 0.25) is 0 Å². The van der Waals surface area contributed by atoms with E-state index in [4.69, 9.17) is 14.2 Å². The summed E-state index contributed by atoms with van der Waals surface area (Å²) < 4.78 is 64.9. The summed E-state index contributed by atoms with van der Waals surface area (Å²) in [5.74, 6) is 5.48. The highest BCUT2D eigenvalue weighted by atomic mass is 32.1. The number of methoxy groups -OCH3 is 1. The van der Waals surface area contributed by atoms with E-state index in [0.29, 0.717) is 48.8 Å². The lowest BCUT2D eigenvalue weighted by Crippen LogP contribution is -2.45. The summed E-state index contributed by atoms with van der Waals surface area (Å²) in [6.07, 6.45) is -1.42. The van der Waals surface area contributed by atoms with Crippen LogP contribution in [0.5, 0.6) is 0 Å². The number of aromatic nitrogens is 2. The Hall–Kier alpha value is -3.84. The zero-order valence-electron chi connectivity index (χ0n) is 29.2. The number of rotatable bonds is 14. The minimum Gasteiger partial charge on any atom is -0.465 e. The van der Waals surface area contributed by atoms with Gasteiger partial charge >= 0.3 is 18.2 Å². The molecule has 15 heteroatoms. The third kappa shape index (κ3) is 12.2. The van der Waals surface area contributed by atoms with Gasteiger partial charge in [0.15, 0.2) is 0 Å². The third-order valence-corrected chi connectivity index (χ3v) is 9.12. The van der Waals surface area contributed by atoms with Crippen LogP contribution in [-0.4, -0.2) is 105 Å². The normalized spacial score (nSPS) is 16.9. The van der Waals surface area contributed by atoms with Crippen LogP contribution in [0.2, 0.25) is 0 Å². The van der Waals surface area contributed by atoms with E-state index in [2.05, 4.69) is 44.3 Å². The minimum absolute atomic E-state index is 0.0598. The van der Waals surface area contributed by atoms with Crippen molar-refractivity contribution in [2.24, 2.45) is 5.92 Å². The van der Waals surface area contributed by atoms with Crippen molar-refractivity contribution in [2.75, 3.05) is 65.5 Å². The number of amides is 1. The van der Waals surface area contributed by atoms with Crippen LogP contribution in [0, 0.1) is 17.8 Å². The molecule has 274 valence electrons. The third-order valence-electron chi connectivity index (χ3n) is 7.92. The lowest BCUT2D eigenvalue weighted by molar-refractivity contribution is -0.127. The molecule has 0 saturated carbocycles. The smallest absolute Gasteiger partial charge is 0.408 e. The van der Waals surface area contributed by atoms with E-state index in [1.54, 1.807) is 43.8 Å². The van der Waals surface area contributed by atoms with Crippen molar-refractivity contribution in [3.8, 4) is 11.8 Å². The van der Waals surface area contributed by atoms with Crippen LogP contribution in [0.25, 0.3) is 10.1 Å². The summed E-state index contributed by atoms with van der Waals surface area (Å²) in [4.78, 5) is 26.1. The fourth-order valence-corrected chi connectivity index (χ4v) is 6.81. The molecule has 3 heterocycles. The number of alkyl halides is 3. The first-order valence-electron chi connectivity index (χ1n) is 16.5. The second-order valence-electron chi connectivity index (χ2n) is 13.1. The number of esters is 1. The number of anilines is 1. The molecule has 1 aromatic carbocycles. The fourth-order valence-electron chi connectivity index (χ4n) is 5.64. The van der Waals surface area contributed by atoms with Crippen LogP contribution in [0.1, 0.15) is 54.4 Å². The van der Waals surface area contributed by atoms with Gasteiger partial charge in [-0.15, -0.1) is 11.3 Å². The number of likely N-dealkylation sites (tertiary alicyclic amines) is 1. The lowest BCUT2D eigenvalue weighted by Gasteiger charge is -2.38. The topological polar surface area (TPSA) is 116 Å². The van der Waals surface area contributed by atoms with Crippen molar-refractivity contribution in [1.82, 2.24) is 20.0 Å². The number of benzene rings is 1. The fraction of sp³-hybridized carbons (Fsp3) is 0.571. The Bertz CT molecular complexity index is 1640. The summed E-state index contributed by atoms with van der Waals surface area (Å²) >= 11 is 1.23. The highest BCUT2D eigenvalue weighted by Crippen LogP contribution is 2.40. The highest BCUT2D eigenvalue weighted by Gasteiger charge is 2.32. The van der Waals surface area contributed by atoms with Gasteiger partial charge in [-0.05, 0) is 70.1 Å². The molecular formula is C35H46F3N5O6S. The zero-order valence-corrected chi connectivity index (χ0v) is 30.0. The largest absolute Gasteiger partial charge is 0.465 e. The maximum Gasteiger partial charge on any atom is 0.408 e. The second kappa shape index (κ2) is 17.9. The van der Waals surface area contributed by atoms with Crippen molar-refractivity contribution in [1.29, 1.82) is 0 Å². The van der Waals surface area contributed by atoms with Crippen LogP contribution < -0.4 is 10.6 Å². The molecule has 2 unspecified atom stereocenters. The standard InChI is InChI=1S/C35H46F3N5O6S/c1-34(2,3)49-33(45)39-13-7-10-30-27(20-35(36,37)38)26-8-6-9-29(31(26)50-30)41-28-11-14-42(4)22-24(28)12-16-47-18-19-48-17-15-43-23-25(21-40-43)32(44)46-5/h6,8-9,21,23-24,28,41H,11-20,22H2,1-5H3,(H,39,45). The number of nitrogens with one attached hydrogen (secondary N) is 2. The molecule has 0 spiro atoms. The van der Waals surface area contributed by atoms with E-state index in [0.717, 1.165) is 36.3 Å². The van der Waals surface area contributed by atoms with E-state index in [1.165, 1.54) is 24.6 Å². The Kier molecular flexibility index (Phi) is 13.9. The van der Waals surface area contributed by atoms with Gasteiger partial charge < -0.3 is 34.5 Å².